The maximum atomic E-state index is 13.1. The van der Waals surface area contributed by atoms with Crippen LogP contribution in [0.3, 0.4) is 0 Å². The van der Waals surface area contributed by atoms with Crippen LogP contribution < -0.4 is 10.2 Å². The van der Waals surface area contributed by atoms with Crippen molar-refractivity contribution in [1.82, 2.24) is 4.90 Å². The number of nitrogens with zero attached hydrogens (tertiary/aromatic N) is 3. The molecule has 3 aliphatic heterocycles. The standard InChI is InChI=1S/C23H24N4O4S/c1-15-14-16(10-11-18(15)26-12-5-9-21(26)28)24-23(29)19-7-4-13-27(19)22-17-6-2-3-8-20(17)32(30,31)25-22/h2-3,6,8,10-11,14,19H,4-5,7,9,12-13H2,1H3,(H,24,29)/t19-/m1/s1. The summed E-state index contributed by atoms with van der Waals surface area (Å²) in [6.07, 6.45) is 2.82. The van der Waals surface area contributed by atoms with E-state index in [1.54, 1.807) is 40.1 Å². The molecule has 0 spiro atoms. The van der Waals surface area contributed by atoms with E-state index in [1.165, 1.54) is 0 Å². The van der Waals surface area contributed by atoms with Crippen molar-refractivity contribution in [2.45, 2.75) is 43.5 Å². The predicted molar refractivity (Wildman–Crippen MR) is 121 cm³/mol. The number of hydrogen-bond acceptors (Lipinski definition) is 5. The number of likely N-dealkylation sites (tertiary alicyclic amines) is 1. The summed E-state index contributed by atoms with van der Waals surface area (Å²) in [7, 11) is -3.74. The van der Waals surface area contributed by atoms with Gasteiger partial charge >= 0.3 is 0 Å². The topological polar surface area (TPSA) is 99.2 Å². The second-order valence-electron chi connectivity index (χ2n) is 8.38. The molecule has 0 bridgehead atoms. The molecule has 1 atom stereocenters. The van der Waals surface area contributed by atoms with Crippen LogP contribution in [0, 0.1) is 6.92 Å². The molecule has 0 unspecified atom stereocenters. The molecule has 2 saturated heterocycles. The molecule has 5 rings (SSSR count). The van der Waals surface area contributed by atoms with Gasteiger partial charge in [0.2, 0.25) is 11.8 Å². The van der Waals surface area contributed by atoms with Crippen molar-refractivity contribution in [3.63, 3.8) is 0 Å². The van der Waals surface area contributed by atoms with Gasteiger partial charge in [-0.1, -0.05) is 12.1 Å². The van der Waals surface area contributed by atoms with Crippen molar-refractivity contribution in [2.24, 2.45) is 4.40 Å². The zero-order chi connectivity index (χ0) is 22.5. The lowest BCUT2D eigenvalue weighted by Crippen LogP contribution is -2.43. The minimum atomic E-state index is -3.74. The van der Waals surface area contributed by atoms with E-state index in [0.717, 1.165) is 30.6 Å². The van der Waals surface area contributed by atoms with Crippen LogP contribution in [0.2, 0.25) is 0 Å². The lowest BCUT2D eigenvalue weighted by molar-refractivity contribution is -0.119. The van der Waals surface area contributed by atoms with E-state index in [4.69, 9.17) is 0 Å². The van der Waals surface area contributed by atoms with Gasteiger partial charge in [0.25, 0.3) is 10.0 Å². The summed E-state index contributed by atoms with van der Waals surface area (Å²) in [4.78, 5) is 29.0. The highest BCUT2D eigenvalue weighted by Crippen LogP contribution is 2.32. The van der Waals surface area contributed by atoms with Crippen LogP contribution in [-0.4, -0.2) is 50.1 Å². The average Bonchev–Trinajstić information content (AvgIpc) is 3.47. The number of carbonyl (C=O) groups excluding carboxylic acids is 2. The van der Waals surface area contributed by atoms with Crippen molar-refractivity contribution in [1.29, 1.82) is 0 Å². The molecule has 0 radical (unpaired) electrons. The highest BCUT2D eigenvalue weighted by molar-refractivity contribution is 7.90. The number of nitrogens with one attached hydrogen (secondary N) is 1. The molecule has 2 aromatic carbocycles. The lowest BCUT2D eigenvalue weighted by atomic mass is 10.1. The average molecular weight is 453 g/mol. The van der Waals surface area contributed by atoms with Gasteiger partial charge in [0.1, 0.15) is 10.9 Å². The van der Waals surface area contributed by atoms with Crippen molar-refractivity contribution in [2.75, 3.05) is 23.3 Å². The molecule has 1 N–H and O–H groups in total. The Balaban J connectivity index is 1.36. The first-order valence-electron chi connectivity index (χ1n) is 10.8. The number of amidine groups is 1. The zero-order valence-corrected chi connectivity index (χ0v) is 18.6. The summed E-state index contributed by atoms with van der Waals surface area (Å²) in [5.41, 5.74) is 2.98. The molecule has 2 amide bonds. The Hall–Kier alpha value is -3.20. The molecule has 3 aliphatic rings. The van der Waals surface area contributed by atoms with E-state index in [0.29, 0.717) is 36.5 Å². The minimum Gasteiger partial charge on any atom is -0.343 e. The summed E-state index contributed by atoms with van der Waals surface area (Å²) in [5, 5.41) is 2.96. The van der Waals surface area contributed by atoms with Crippen molar-refractivity contribution >= 4 is 39.0 Å². The molecule has 0 saturated carbocycles. The summed E-state index contributed by atoms with van der Waals surface area (Å²) in [6, 6.07) is 11.7. The highest BCUT2D eigenvalue weighted by Gasteiger charge is 2.39. The van der Waals surface area contributed by atoms with Gasteiger partial charge in [-0.2, -0.15) is 8.42 Å². The molecule has 9 heteroatoms. The highest BCUT2D eigenvalue weighted by atomic mass is 32.2. The van der Waals surface area contributed by atoms with Gasteiger partial charge in [0.15, 0.2) is 5.84 Å². The Bertz CT molecular complexity index is 1250. The molecule has 3 heterocycles. The molecule has 2 aromatic rings. The summed E-state index contributed by atoms with van der Waals surface area (Å²) in [5.74, 6) is 0.271. The third-order valence-electron chi connectivity index (χ3n) is 6.27. The Morgan fingerprint density at radius 2 is 1.94 bits per heavy atom. The minimum absolute atomic E-state index is 0.124. The fourth-order valence-electron chi connectivity index (χ4n) is 4.75. The Kier molecular flexibility index (Phi) is 5.00. The van der Waals surface area contributed by atoms with Gasteiger partial charge < -0.3 is 15.1 Å². The molecular formula is C23H24N4O4S. The molecule has 166 valence electrons. The number of carbonyl (C=O) groups is 2. The fourth-order valence-corrected chi connectivity index (χ4v) is 5.97. The van der Waals surface area contributed by atoms with Crippen LogP contribution in [0.4, 0.5) is 11.4 Å². The SMILES string of the molecule is Cc1cc(NC(=O)[C@H]2CCCN2C2=NS(=O)(=O)c3ccccc32)ccc1N1CCCC1=O. The van der Waals surface area contributed by atoms with Crippen LogP contribution >= 0.6 is 0 Å². The molecule has 8 nitrogen and oxygen atoms in total. The number of hydrogen-bond donors (Lipinski definition) is 1. The molecule has 2 fully saturated rings. The molecular weight excluding hydrogens is 428 g/mol. The Labute approximate surface area is 187 Å². The molecule has 0 aromatic heterocycles. The lowest BCUT2D eigenvalue weighted by Gasteiger charge is -2.26. The predicted octanol–water partition coefficient (Wildman–Crippen LogP) is 2.67. The van der Waals surface area contributed by atoms with Crippen LogP contribution in [0.5, 0.6) is 0 Å². The van der Waals surface area contributed by atoms with Gasteiger partial charge in [-0.15, -0.1) is 4.40 Å². The first kappa shape index (κ1) is 20.7. The number of rotatable bonds is 3. The number of anilines is 2. The number of benzene rings is 2. The third kappa shape index (κ3) is 3.46. The monoisotopic (exact) mass is 452 g/mol. The number of amides is 2. The quantitative estimate of drug-likeness (QED) is 0.772. The van der Waals surface area contributed by atoms with Gasteiger partial charge in [0, 0.05) is 36.4 Å². The van der Waals surface area contributed by atoms with Crippen molar-refractivity contribution < 1.29 is 18.0 Å². The summed E-state index contributed by atoms with van der Waals surface area (Å²) in [6.45, 7) is 3.21. The van der Waals surface area contributed by atoms with Crippen LogP contribution in [0.25, 0.3) is 0 Å². The van der Waals surface area contributed by atoms with Gasteiger partial charge in [0.05, 0.1) is 0 Å². The van der Waals surface area contributed by atoms with Crippen LogP contribution in [0.1, 0.15) is 36.8 Å². The summed E-state index contributed by atoms with van der Waals surface area (Å²) >= 11 is 0. The summed E-state index contributed by atoms with van der Waals surface area (Å²) < 4.78 is 28.9. The normalized spacial score (nSPS) is 21.6. The van der Waals surface area contributed by atoms with E-state index in [-0.39, 0.29) is 16.7 Å². The first-order chi connectivity index (χ1) is 15.3. The van der Waals surface area contributed by atoms with Crippen LogP contribution in [0.15, 0.2) is 51.8 Å². The number of sulfonamides is 1. The first-order valence-corrected chi connectivity index (χ1v) is 12.2. The molecule has 0 aliphatic carbocycles. The smallest absolute Gasteiger partial charge is 0.285 e. The Morgan fingerprint density at radius 1 is 1.12 bits per heavy atom. The largest absolute Gasteiger partial charge is 0.343 e. The second-order valence-corrected chi connectivity index (χ2v) is 9.95. The van der Waals surface area contributed by atoms with Gasteiger partial charge in [-0.3, -0.25) is 9.59 Å². The maximum absolute atomic E-state index is 13.1. The second kappa shape index (κ2) is 7.74. The van der Waals surface area contributed by atoms with Gasteiger partial charge in [-0.25, -0.2) is 0 Å². The van der Waals surface area contributed by atoms with E-state index < -0.39 is 16.1 Å². The van der Waals surface area contributed by atoms with E-state index in [1.807, 2.05) is 19.1 Å². The van der Waals surface area contributed by atoms with Crippen molar-refractivity contribution in [3.8, 4) is 0 Å². The fraction of sp³-hybridized carbons (Fsp3) is 0.348. The van der Waals surface area contributed by atoms with E-state index in [2.05, 4.69) is 9.71 Å². The van der Waals surface area contributed by atoms with Crippen LogP contribution in [-0.2, 0) is 19.6 Å². The molecule has 32 heavy (non-hydrogen) atoms. The van der Waals surface area contributed by atoms with Gasteiger partial charge in [-0.05, 0) is 62.1 Å². The van der Waals surface area contributed by atoms with Crippen molar-refractivity contribution in [3.05, 3.63) is 53.6 Å². The van der Waals surface area contributed by atoms with E-state index in [9.17, 15) is 18.0 Å². The Morgan fingerprint density at radius 3 is 2.69 bits per heavy atom. The number of aryl methyl sites for hydroxylation is 1. The zero-order valence-electron chi connectivity index (χ0n) is 17.7. The maximum Gasteiger partial charge on any atom is 0.285 e. The number of fused-ring (bicyclic) bond motifs is 1. The van der Waals surface area contributed by atoms with E-state index >= 15 is 0 Å². The third-order valence-corrected chi connectivity index (χ3v) is 7.59.